The average Bonchev–Trinajstić information content (AvgIpc) is 2.91. The number of rotatable bonds is 6. The maximum absolute atomic E-state index is 12.2. The summed E-state index contributed by atoms with van der Waals surface area (Å²) in [5.41, 5.74) is 0. The quantitative estimate of drug-likeness (QED) is 0.789. The Morgan fingerprint density at radius 3 is 3.10 bits per heavy atom. The van der Waals surface area contributed by atoms with Gasteiger partial charge in [-0.05, 0) is 45.9 Å². The number of carbonyl (C=O) groups is 1. The molecule has 2 rings (SSSR count). The van der Waals surface area contributed by atoms with Crippen molar-refractivity contribution in [2.45, 2.75) is 12.8 Å². The Bertz CT molecular complexity index is 666. The summed E-state index contributed by atoms with van der Waals surface area (Å²) in [6.45, 7) is 0.408. The van der Waals surface area contributed by atoms with E-state index in [9.17, 15) is 4.79 Å². The van der Waals surface area contributed by atoms with Crippen LogP contribution in [0.2, 0.25) is 0 Å². The minimum atomic E-state index is -0.238. The van der Waals surface area contributed by atoms with Gasteiger partial charge >= 0.3 is 0 Å². The Balaban J connectivity index is 2.04. The van der Waals surface area contributed by atoms with Gasteiger partial charge in [0.25, 0.3) is 5.91 Å². The summed E-state index contributed by atoms with van der Waals surface area (Å²) in [7, 11) is 0. The van der Waals surface area contributed by atoms with Crippen LogP contribution in [-0.4, -0.2) is 17.5 Å². The fourth-order valence-electron chi connectivity index (χ4n) is 1.55. The Morgan fingerprint density at radius 1 is 1.52 bits per heavy atom. The van der Waals surface area contributed by atoms with E-state index in [2.05, 4.69) is 32.3 Å². The molecule has 0 bridgehead atoms. The maximum atomic E-state index is 12.2. The minimum absolute atomic E-state index is 0.238. The van der Waals surface area contributed by atoms with Crippen molar-refractivity contribution in [3.8, 4) is 11.8 Å². The van der Waals surface area contributed by atoms with Gasteiger partial charge in [0.05, 0.1) is 12.7 Å². The number of nitrogens with one attached hydrogen (secondary N) is 1. The molecule has 0 unspecified atom stereocenters. The van der Waals surface area contributed by atoms with Crippen LogP contribution in [0, 0.1) is 11.3 Å². The Labute approximate surface area is 134 Å². The summed E-state index contributed by atoms with van der Waals surface area (Å²) in [5, 5.41) is 13.1. The lowest BCUT2D eigenvalue weighted by Gasteiger charge is -2.10. The molecule has 0 aliphatic heterocycles. The van der Waals surface area contributed by atoms with Crippen molar-refractivity contribution >= 4 is 39.0 Å². The van der Waals surface area contributed by atoms with Gasteiger partial charge in [0.15, 0.2) is 11.6 Å². The summed E-state index contributed by atoms with van der Waals surface area (Å²) < 4.78 is 6.30. The number of carbonyl (C=O) groups excluding carboxylic acids is 1. The molecule has 21 heavy (non-hydrogen) atoms. The highest BCUT2D eigenvalue weighted by Crippen LogP contribution is 2.26. The van der Waals surface area contributed by atoms with Crippen LogP contribution in [0.25, 0.3) is 0 Å². The third kappa shape index (κ3) is 4.28. The minimum Gasteiger partial charge on any atom is -0.490 e. The number of halogens is 1. The Morgan fingerprint density at radius 2 is 2.38 bits per heavy atom. The van der Waals surface area contributed by atoms with E-state index in [1.165, 1.54) is 11.3 Å². The van der Waals surface area contributed by atoms with Gasteiger partial charge in [0, 0.05) is 17.1 Å². The summed E-state index contributed by atoms with van der Waals surface area (Å²) in [4.78, 5) is 16.9. The first-order chi connectivity index (χ1) is 10.2. The standard InChI is InChI=1S/C14H12BrN3O2S/c15-10-5-9-21-12(10)14(19)18-13-11(4-3-7-17-13)20-8-2-1-6-16/h3-5,7,9H,1-2,8H2,(H,17,18,19). The number of hydrogen-bond acceptors (Lipinski definition) is 5. The summed E-state index contributed by atoms with van der Waals surface area (Å²) in [5.74, 6) is 0.633. The predicted molar refractivity (Wildman–Crippen MR) is 84.6 cm³/mol. The fourth-order valence-corrected chi connectivity index (χ4v) is 3.00. The average molecular weight is 366 g/mol. The molecule has 7 heteroatoms. The van der Waals surface area contributed by atoms with Gasteiger partial charge in [-0.1, -0.05) is 0 Å². The van der Waals surface area contributed by atoms with Crippen LogP contribution in [0.3, 0.4) is 0 Å². The second-order valence-electron chi connectivity index (χ2n) is 4.01. The molecule has 0 radical (unpaired) electrons. The Kier molecular flexibility index (Phi) is 5.72. The zero-order valence-corrected chi connectivity index (χ0v) is 13.4. The summed E-state index contributed by atoms with van der Waals surface area (Å²) in [6.07, 6.45) is 2.65. The van der Waals surface area contributed by atoms with Crippen molar-refractivity contribution in [2.75, 3.05) is 11.9 Å². The number of thiophene rings is 1. The Hall–Kier alpha value is -1.91. The van der Waals surface area contributed by atoms with Crippen LogP contribution in [0.1, 0.15) is 22.5 Å². The lowest BCUT2D eigenvalue weighted by Crippen LogP contribution is -2.13. The number of unbranched alkanes of at least 4 members (excludes halogenated alkanes) is 1. The number of nitriles is 1. The molecule has 0 aliphatic rings. The molecule has 0 saturated heterocycles. The van der Waals surface area contributed by atoms with Gasteiger partial charge in [-0.3, -0.25) is 4.79 Å². The highest BCUT2D eigenvalue weighted by Gasteiger charge is 2.14. The van der Waals surface area contributed by atoms with Gasteiger partial charge in [0.1, 0.15) is 4.88 Å². The number of hydrogen-bond donors (Lipinski definition) is 1. The van der Waals surface area contributed by atoms with Crippen molar-refractivity contribution in [1.82, 2.24) is 4.98 Å². The SMILES string of the molecule is N#CCCCOc1cccnc1NC(=O)c1sccc1Br. The number of pyridine rings is 1. The van der Waals surface area contributed by atoms with Gasteiger partial charge in [-0.2, -0.15) is 5.26 Å². The van der Waals surface area contributed by atoms with E-state index in [1.807, 2.05) is 11.4 Å². The fraction of sp³-hybridized carbons (Fsp3) is 0.214. The molecular formula is C14H12BrN3O2S. The first-order valence-corrected chi connectivity index (χ1v) is 7.88. The highest BCUT2D eigenvalue weighted by molar-refractivity contribution is 9.10. The molecule has 1 amide bonds. The van der Waals surface area contributed by atoms with Crippen molar-refractivity contribution in [3.63, 3.8) is 0 Å². The molecule has 0 aromatic carbocycles. The molecule has 0 atom stereocenters. The van der Waals surface area contributed by atoms with Crippen molar-refractivity contribution in [1.29, 1.82) is 5.26 Å². The lowest BCUT2D eigenvalue weighted by molar-refractivity contribution is 0.102. The summed E-state index contributed by atoms with van der Waals surface area (Å²) >= 11 is 4.67. The molecule has 2 aromatic heterocycles. The number of nitrogens with zero attached hydrogens (tertiary/aromatic N) is 2. The number of anilines is 1. The second-order valence-corrected chi connectivity index (χ2v) is 5.78. The molecule has 2 heterocycles. The zero-order valence-electron chi connectivity index (χ0n) is 11.0. The van der Waals surface area contributed by atoms with E-state index >= 15 is 0 Å². The number of aromatic nitrogens is 1. The molecular weight excluding hydrogens is 354 g/mol. The van der Waals surface area contributed by atoms with Crippen molar-refractivity contribution in [2.24, 2.45) is 0 Å². The van der Waals surface area contributed by atoms with E-state index in [1.54, 1.807) is 18.3 Å². The van der Waals surface area contributed by atoms with Crippen molar-refractivity contribution < 1.29 is 9.53 Å². The predicted octanol–water partition coefficient (Wildman–Crippen LogP) is 3.84. The smallest absolute Gasteiger partial charge is 0.268 e. The van der Waals surface area contributed by atoms with Gasteiger partial charge in [-0.25, -0.2) is 4.98 Å². The van der Waals surface area contributed by atoms with E-state index < -0.39 is 0 Å². The van der Waals surface area contributed by atoms with Crippen LogP contribution in [0.15, 0.2) is 34.2 Å². The summed E-state index contributed by atoms with van der Waals surface area (Å²) in [6, 6.07) is 7.34. The third-order valence-electron chi connectivity index (χ3n) is 2.52. The topological polar surface area (TPSA) is 75.0 Å². The molecule has 0 aliphatic carbocycles. The van der Waals surface area contributed by atoms with Crippen LogP contribution in [-0.2, 0) is 0 Å². The van der Waals surface area contributed by atoms with Gasteiger partial charge in [-0.15, -0.1) is 11.3 Å². The molecule has 5 nitrogen and oxygen atoms in total. The van der Waals surface area contributed by atoms with Crippen LogP contribution in [0.4, 0.5) is 5.82 Å². The van der Waals surface area contributed by atoms with E-state index in [0.29, 0.717) is 35.9 Å². The zero-order chi connectivity index (χ0) is 15.1. The number of ether oxygens (including phenoxy) is 1. The number of amides is 1. The van der Waals surface area contributed by atoms with Crippen LogP contribution >= 0.6 is 27.3 Å². The molecule has 0 saturated carbocycles. The molecule has 2 aromatic rings. The van der Waals surface area contributed by atoms with E-state index in [4.69, 9.17) is 10.00 Å². The first kappa shape index (κ1) is 15.5. The van der Waals surface area contributed by atoms with Gasteiger partial charge in [0.2, 0.25) is 0 Å². The largest absolute Gasteiger partial charge is 0.490 e. The highest BCUT2D eigenvalue weighted by atomic mass is 79.9. The van der Waals surface area contributed by atoms with Crippen LogP contribution in [0.5, 0.6) is 5.75 Å². The molecule has 0 spiro atoms. The monoisotopic (exact) mass is 365 g/mol. The van der Waals surface area contributed by atoms with Crippen molar-refractivity contribution in [3.05, 3.63) is 39.1 Å². The van der Waals surface area contributed by atoms with Gasteiger partial charge < -0.3 is 10.1 Å². The lowest BCUT2D eigenvalue weighted by atomic mass is 10.3. The maximum Gasteiger partial charge on any atom is 0.268 e. The van der Waals surface area contributed by atoms with E-state index in [-0.39, 0.29) is 5.91 Å². The van der Waals surface area contributed by atoms with E-state index in [0.717, 1.165) is 4.47 Å². The normalized spacial score (nSPS) is 9.90. The molecule has 0 fully saturated rings. The molecule has 108 valence electrons. The first-order valence-electron chi connectivity index (χ1n) is 6.21. The molecule has 1 N–H and O–H groups in total. The third-order valence-corrected chi connectivity index (χ3v) is 4.35. The van der Waals surface area contributed by atoms with Crippen LogP contribution < -0.4 is 10.1 Å². The second kappa shape index (κ2) is 7.76.